The van der Waals surface area contributed by atoms with Gasteiger partial charge in [0.05, 0.1) is 0 Å². The molecule has 0 saturated carbocycles. The molecular formula is C19H23N5OS. The van der Waals surface area contributed by atoms with Crippen LogP contribution in [0.4, 0.5) is 0 Å². The zero-order valence-electron chi connectivity index (χ0n) is 15.3. The summed E-state index contributed by atoms with van der Waals surface area (Å²) in [5.74, 6) is 0.670. The second-order valence-electron chi connectivity index (χ2n) is 6.16. The molecule has 1 aromatic carbocycles. The first kappa shape index (κ1) is 18.4. The first-order chi connectivity index (χ1) is 12.6. The van der Waals surface area contributed by atoms with Crippen LogP contribution in [0.2, 0.25) is 0 Å². The molecule has 0 bridgehead atoms. The second-order valence-corrected chi connectivity index (χ2v) is 6.93. The van der Waals surface area contributed by atoms with E-state index in [4.69, 9.17) is 0 Å². The van der Waals surface area contributed by atoms with Crippen LogP contribution in [0.1, 0.15) is 28.9 Å². The van der Waals surface area contributed by atoms with E-state index in [1.165, 1.54) is 17.3 Å². The number of nitrogens with one attached hydrogen (secondary N) is 1. The van der Waals surface area contributed by atoms with Gasteiger partial charge < -0.3 is 5.32 Å². The fraction of sp³-hybridized carbons (Fsp3) is 0.368. The number of carbonyl (C=O) groups excluding carboxylic acids is 1. The van der Waals surface area contributed by atoms with Crippen LogP contribution < -0.4 is 5.32 Å². The van der Waals surface area contributed by atoms with E-state index in [1.54, 1.807) is 4.52 Å². The molecule has 26 heavy (non-hydrogen) atoms. The number of benzene rings is 1. The van der Waals surface area contributed by atoms with Gasteiger partial charge in [0.2, 0.25) is 11.1 Å². The van der Waals surface area contributed by atoms with Crippen molar-refractivity contribution in [2.24, 2.45) is 0 Å². The van der Waals surface area contributed by atoms with Crippen LogP contribution in [0, 0.1) is 13.8 Å². The lowest BCUT2D eigenvalue weighted by molar-refractivity contribution is -0.121. The average Bonchev–Trinajstić information content (AvgIpc) is 3.05. The van der Waals surface area contributed by atoms with Gasteiger partial charge in [-0.15, -0.1) is 5.10 Å². The topological polar surface area (TPSA) is 72.2 Å². The number of aryl methyl sites for hydroxylation is 2. The van der Waals surface area contributed by atoms with Crippen molar-refractivity contribution in [3.63, 3.8) is 0 Å². The molecule has 3 aromatic rings. The molecule has 0 unspecified atom stereocenters. The Labute approximate surface area is 157 Å². The Hall–Kier alpha value is -2.41. The molecule has 0 atom stereocenters. The quantitative estimate of drug-likeness (QED) is 0.649. The molecule has 7 heteroatoms. The lowest BCUT2D eigenvalue weighted by Crippen LogP contribution is -2.26. The summed E-state index contributed by atoms with van der Waals surface area (Å²) in [6.45, 7) is 4.62. The molecule has 6 nitrogen and oxygen atoms in total. The maximum atomic E-state index is 12.2. The fourth-order valence-electron chi connectivity index (χ4n) is 2.96. The summed E-state index contributed by atoms with van der Waals surface area (Å²) >= 11 is 1.49. The number of nitrogens with zero attached hydrogens (tertiary/aromatic N) is 4. The smallest absolute Gasteiger partial charge is 0.253 e. The summed E-state index contributed by atoms with van der Waals surface area (Å²) in [5.41, 5.74) is 4.20. The lowest BCUT2D eigenvalue weighted by atomic mass is 10.1. The van der Waals surface area contributed by atoms with Crippen LogP contribution in [0.15, 0.2) is 35.5 Å². The number of hydrogen-bond donors (Lipinski definition) is 1. The number of amides is 1. The summed E-state index contributed by atoms with van der Waals surface area (Å²) in [6, 6.07) is 10.2. The highest BCUT2D eigenvalue weighted by Gasteiger charge is 2.14. The van der Waals surface area contributed by atoms with Gasteiger partial charge in [0.25, 0.3) is 5.78 Å². The minimum absolute atomic E-state index is 0.0585. The van der Waals surface area contributed by atoms with Crippen molar-refractivity contribution in [2.45, 2.75) is 38.3 Å². The van der Waals surface area contributed by atoms with Gasteiger partial charge in [-0.1, -0.05) is 42.1 Å². The van der Waals surface area contributed by atoms with Gasteiger partial charge in [-0.25, -0.2) is 9.50 Å². The summed E-state index contributed by atoms with van der Waals surface area (Å²) in [7, 11) is 0. The van der Waals surface area contributed by atoms with E-state index in [2.05, 4.69) is 32.5 Å². The zero-order chi connectivity index (χ0) is 18.5. The predicted molar refractivity (Wildman–Crippen MR) is 104 cm³/mol. The molecule has 0 aliphatic heterocycles. The average molecular weight is 369 g/mol. The van der Waals surface area contributed by atoms with E-state index in [0.717, 1.165) is 23.4 Å². The van der Waals surface area contributed by atoms with Gasteiger partial charge >= 0.3 is 0 Å². The lowest BCUT2D eigenvalue weighted by Gasteiger charge is -2.10. The van der Waals surface area contributed by atoms with Crippen LogP contribution in [0.25, 0.3) is 5.78 Å². The summed E-state index contributed by atoms with van der Waals surface area (Å²) in [5, 5.41) is 8.15. The molecule has 2 aromatic heterocycles. The van der Waals surface area contributed by atoms with Gasteiger partial charge in [-0.05, 0) is 44.1 Å². The van der Waals surface area contributed by atoms with Crippen molar-refractivity contribution in [3.8, 4) is 0 Å². The molecule has 0 saturated heterocycles. The molecule has 0 spiro atoms. The largest absolute Gasteiger partial charge is 0.356 e. The highest BCUT2D eigenvalue weighted by molar-refractivity contribution is 7.98. The monoisotopic (exact) mass is 369 g/mol. The Morgan fingerprint density at radius 2 is 1.92 bits per heavy atom. The number of hydrogen-bond acceptors (Lipinski definition) is 5. The van der Waals surface area contributed by atoms with Crippen molar-refractivity contribution in [3.05, 3.63) is 52.8 Å². The van der Waals surface area contributed by atoms with E-state index in [0.29, 0.717) is 30.3 Å². The molecular weight excluding hydrogens is 346 g/mol. The second kappa shape index (κ2) is 8.31. The zero-order valence-corrected chi connectivity index (χ0v) is 16.1. The van der Waals surface area contributed by atoms with E-state index in [-0.39, 0.29) is 5.91 Å². The molecule has 0 fully saturated rings. The molecule has 136 valence electrons. The fourth-order valence-corrected chi connectivity index (χ4v) is 3.29. The minimum atomic E-state index is 0.0585. The molecule has 0 aliphatic rings. The summed E-state index contributed by atoms with van der Waals surface area (Å²) in [4.78, 5) is 21.1. The van der Waals surface area contributed by atoms with Crippen molar-refractivity contribution >= 4 is 23.4 Å². The highest BCUT2D eigenvalue weighted by atomic mass is 32.2. The van der Waals surface area contributed by atoms with Gasteiger partial charge in [-0.3, -0.25) is 4.79 Å². The third kappa shape index (κ3) is 4.22. The number of fused-ring (bicyclic) bond motifs is 1. The third-order valence-electron chi connectivity index (χ3n) is 4.39. The van der Waals surface area contributed by atoms with Gasteiger partial charge in [0, 0.05) is 24.4 Å². The Kier molecular flexibility index (Phi) is 5.88. The van der Waals surface area contributed by atoms with Crippen LogP contribution in [0.3, 0.4) is 0 Å². The van der Waals surface area contributed by atoms with E-state index in [9.17, 15) is 4.79 Å². The SMILES string of the molecule is CSc1nc2nc(C)c(CCC(=O)NCCc3ccccc3)c(C)n2n1. The van der Waals surface area contributed by atoms with Crippen molar-refractivity contribution < 1.29 is 4.79 Å². The molecule has 0 radical (unpaired) electrons. The van der Waals surface area contributed by atoms with E-state index < -0.39 is 0 Å². The number of carbonyl (C=O) groups is 1. The third-order valence-corrected chi connectivity index (χ3v) is 4.93. The number of thioether (sulfide) groups is 1. The van der Waals surface area contributed by atoms with Gasteiger partial charge in [0.1, 0.15) is 0 Å². The van der Waals surface area contributed by atoms with E-state index >= 15 is 0 Å². The first-order valence-electron chi connectivity index (χ1n) is 8.66. The first-order valence-corrected chi connectivity index (χ1v) is 9.88. The minimum Gasteiger partial charge on any atom is -0.356 e. The number of aromatic nitrogens is 4. The summed E-state index contributed by atoms with van der Waals surface area (Å²) in [6.07, 6.45) is 3.87. The molecule has 2 heterocycles. The van der Waals surface area contributed by atoms with Gasteiger partial charge in [-0.2, -0.15) is 4.98 Å². The van der Waals surface area contributed by atoms with E-state index in [1.807, 2.05) is 38.3 Å². The van der Waals surface area contributed by atoms with Crippen LogP contribution in [-0.2, 0) is 17.6 Å². The molecule has 1 amide bonds. The van der Waals surface area contributed by atoms with Crippen molar-refractivity contribution in [2.75, 3.05) is 12.8 Å². The Morgan fingerprint density at radius 3 is 2.65 bits per heavy atom. The maximum Gasteiger partial charge on any atom is 0.253 e. The molecule has 3 rings (SSSR count). The van der Waals surface area contributed by atoms with Crippen molar-refractivity contribution in [1.82, 2.24) is 24.9 Å². The maximum absolute atomic E-state index is 12.2. The van der Waals surface area contributed by atoms with Crippen molar-refractivity contribution in [1.29, 1.82) is 0 Å². The highest BCUT2D eigenvalue weighted by Crippen LogP contribution is 2.17. The van der Waals surface area contributed by atoms with Gasteiger partial charge in [0.15, 0.2) is 0 Å². The number of rotatable bonds is 7. The Bertz CT molecular complexity index is 907. The standard InChI is InChI=1S/C19H23N5OS/c1-13-16(14(2)24-18(21-13)22-19(23-24)26-3)9-10-17(25)20-12-11-15-7-5-4-6-8-15/h4-8H,9-12H2,1-3H3,(H,20,25). The van der Waals surface area contributed by atoms with Crippen LogP contribution >= 0.6 is 11.8 Å². The normalized spacial score (nSPS) is 11.0. The molecule has 1 N–H and O–H groups in total. The van der Waals surface area contributed by atoms with Crippen LogP contribution in [0.5, 0.6) is 0 Å². The Morgan fingerprint density at radius 1 is 1.15 bits per heavy atom. The molecule has 0 aliphatic carbocycles. The van der Waals surface area contributed by atoms with Crippen LogP contribution in [-0.4, -0.2) is 38.3 Å². The summed E-state index contributed by atoms with van der Waals surface area (Å²) < 4.78 is 1.77. The predicted octanol–water partition coefficient (Wildman–Crippen LogP) is 2.75. The Balaban J connectivity index is 1.59.